The van der Waals surface area contributed by atoms with Gasteiger partial charge >= 0.3 is 0 Å². The molecule has 1 heterocycles. The highest BCUT2D eigenvalue weighted by Gasteiger charge is 2.10. The van der Waals surface area contributed by atoms with Crippen LogP contribution in [0.5, 0.6) is 0 Å². The molecule has 0 saturated carbocycles. The van der Waals surface area contributed by atoms with E-state index in [2.05, 4.69) is 33.5 Å². The fourth-order valence-electron chi connectivity index (χ4n) is 2.83. The first kappa shape index (κ1) is 19.0. The first-order chi connectivity index (χ1) is 13.6. The maximum absolute atomic E-state index is 6.27. The predicted octanol–water partition coefficient (Wildman–Crippen LogP) is 6.22. The minimum Gasteiger partial charge on any atom is -0.192 e. The molecule has 0 aliphatic carbocycles. The van der Waals surface area contributed by atoms with E-state index in [0.717, 1.165) is 22.3 Å². The van der Waals surface area contributed by atoms with Gasteiger partial charge in [0.1, 0.15) is 0 Å². The second-order valence-corrected chi connectivity index (χ2v) is 7.97. The quantitative estimate of drug-likeness (QED) is 0.281. The van der Waals surface area contributed by atoms with Crippen molar-refractivity contribution < 1.29 is 0 Å². The van der Waals surface area contributed by atoms with Gasteiger partial charge in [-0.15, -0.1) is 10.2 Å². The molecule has 4 aromatic rings. The smallest absolute Gasteiger partial charge is 0.192 e. The van der Waals surface area contributed by atoms with Crippen LogP contribution in [0.3, 0.4) is 0 Å². The van der Waals surface area contributed by atoms with Crippen molar-refractivity contribution >= 4 is 52.0 Å². The molecule has 3 aromatic carbocycles. The van der Waals surface area contributed by atoms with E-state index in [-0.39, 0.29) is 0 Å². The average molecular weight is 427 g/mol. The first-order valence-electron chi connectivity index (χ1n) is 8.63. The zero-order valence-electron chi connectivity index (χ0n) is 15.0. The third-order valence-corrected chi connectivity index (χ3v) is 5.83. The molecule has 4 nitrogen and oxygen atoms in total. The summed E-state index contributed by atoms with van der Waals surface area (Å²) in [6.07, 6.45) is 1.85. The maximum Gasteiger partial charge on any atom is 0.212 e. The zero-order valence-corrected chi connectivity index (χ0v) is 17.3. The lowest BCUT2D eigenvalue weighted by Gasteiger charge is -2.05. The van der Waals surface area contributed by atoms with Crippen molar-refractivity contribution in [3.63, 3.8) is 0 Å². The van der Waals surface area contributed by atoms with E-state index in [9.17, 15) is 0 Å². The van der Waals surface area contributed by atoms with Crippen LogP contribution >= 0.6 is 35.0 Å². The number of benzene rings is 3. The van der Waals surface area contributed by atoms with Gasteiger partial charge in [0.05, 0.1) is 6.21 Å². The zero-order chi connectivity index (χ0) is 19.5. The van der Waals surface area contributed by atoms with Crippen LogP contribution in [0.2, 0.25) is 10.0 Å². The van der Waals surface area contributed by atoms with E-state index in [1.807, 2.05) is 49.5 Å². The summed E-state index contributed by atoms with van der Waals surface area (Å²) in [5, 5.41) is 17.3. The van der Waals surface area contributed by atoms with Crippen molar-refractivity contribution in [2.75, 3.05) is 0 Å². The van der Waals surface area contributed by atoms with E-state index in [1.54, 1.807) is 10.7 Å². The van der Waals surface area contributed by atoms with Gasteiger partial charge in [0.25, 0.3) is 0 Å². The Morgan fingerprint density at radius 3 is 2.71 bits per heavy atom. The van der Waals surface area contributed by atoms with E-state index in [4.69, 9.17) is 23.2 Å². The Labute approximate surface area is 177 Å². The molecular weight excluding hydrogens is 411 g/mol. The Kier molecular flexibility index (Phi) is 5.67. The molecule has 0 amide bonds. The molecule has 0 bridgehead atoms. The lowest BCUT2D eigenvalue weighted by molar-refractivity contribution is 0.744. The Morgan fingerprint density at radius 1 is 1.04 bits per heavy atom. The summed E-state index contributed by atoms with van der Waals surface area (Å²) < 4.78 is 1.75. The number of halogens is 2. The van der Waals surface area contributed by atoms with Gasteiger partial charge in [-0.1, -0.05) is 83.5 Å². The van der Waals surface area contributed by atoms with Crippen LogP contribution in [-0.2, 0) is 5.75 Å². The standard InChI is InChI=1S/C21H16Cl2N4S/c1-14-25-26-21(28-13-17-9-10-18(22)11-20(17)23)27(14)24-12-16-7-4-6-15-5-2-3-8-19(15)16/h2-12H,13H2,1H3/b24-12+. The molecule has 0 aliphatic rings. The topological polar surface area (TPSA) is 43.1 Å². The minimum atomic E-state index is 0.623. The summed E-state index contributed by atoms with van der Waals surface area (Å²) in [7, 11) is 0. The van der Waals surface area contributed by atoms with Crippen LogP contribution in [0.4, 0.5) is 0 Å². The molecule has 7 heteroatoms. The van der Waals surface area contributed by atoms with Crippen molar-refractivity contribution in [3.05, 3.63) is 87.7 Å². The lowest BCUT2D eigenvalue weighted by atomic mass is 10.1. The number of rotatable bonds is 5. The molecule has 0 N–H and O–H groups in total. The number of hydrogen-bond acceptors (Lipinski definition) is 4. The van der Waals surface area contributed by atoms with Gasteiger partial charge in [-0.25, -0.2) is 0 Å². The summed E-state index contributed by atoms with van der Waals surface area (Å²) in [6.45, 7) is 1.88. The molecule has 0 unspecified atom stereocenters. The van der Waals surface area contributed by atoms with E-state index >= 15 is 0 Å². The van der Waals surface area contributed by atoms with Crippen molar-refractivity contribution in [2.45, 2.75) is 17.8 Å². The number of thioether (sulfide) groups is 1. The highest BCUT2D eigenvalue weighted by molar-refractivity contribution is 7.98. The summed E-state index contributed by atoms with van der Waals surface area (Å²) in [5.74, 6) is 1.37. The normalized spacial score (nSPS) is 11.5. The fraction of sp³-hybridized carbons (Fsp3) is 0.0952. The van der Waals surface area contributed by atoms with E-state index < -0.39 is 0 Å². The SMILES string of the molecule is Cc1nnc(SCc2ccc(Cl)cc2Cl)n1/N=C/c1cccc2ccccc12. The lowest BCUT2D eigenvalue weighted by Crippen LogP contribution is -1.97. The van der Waals surface area contributed by atoms with E-state index in [0.29, 0.717) is 21.0 Å². The van der Waals surface area contributed by atoms with Crippen molar-refractivity contribution in [1.82, 2.24) is 14.9 Å². The summed E-state index contributed by atoms with van der Waals surface area (Å²) in [6, 6.07) is 19.9. The molecule has 0 spiro atoms. The van der Waals surface area contributed by atoms with Gasteiger partial charge in [-0.3, -0.25) is 0 Å². The van der Waals surface area contributed by atoms with Gasteiger partial charge in [0, 0.05) is 21.4 Å². The van der Waals surface area contributed by atoms with Gasteiger partial charge in [-0.05, 0) is 35.4 Å². The van der Waals surface area contributed by atoms with Crippen molar-refractivity contribution in [1.29, 1.82) is 0 Å². The Hall–Kier alpha value is -2.34. The van der Waals surface area contributed by atoms with Crippen LogP contribution in [0.25, 0.3) is 10.8 Å². The average Bonchev–Trinajstić information content (AvgIpc) is 3.05. The Balaban J connectivity index is 1.59. The number of hydrogen-bond donors (Lipinski definition) is 0. The van der Waals surface area contributed by atoms with Gasteiger partial charge < -0.3 is 0 Å². The highest BCUT2D eigenvalue weighted by Crippen LogP contribution is 2.28. The molecule has 140 valence electrons. The Bertz CT molecular complexity index is 1170. The van der Waals surface area contributed by atoms with Gasteiger partial charge in [0.2, 0.25) is 5.16 Å². The molecule has 4 rings (SSSR count). The van der Waals surface area contributed by atoms with Crippen LogP contribution in [-0.4, -0.2) is 21.1 Å². The molecule has 0 radical (unpaired) electrons. The molecule has 0 atom stereocenters. The summed E-state index contributed by atoms with van der Waals surface area (Å²) >= 11 is 13.8. The molecule has 1 aromatic heterocycles. The third-order valence-electron chi connectivity index (χ3n) is 4.28. The number of nitrogens with zero attached hydrogens (tertiary/aromatic N) is 4. The third kappa shape index (κ3) is 4.07. The number of fused-ring (bicyclic) bond motifs is 1. The number of aromatic nitrogens is 3. The number of aryl methyl sites for hydroxylation is 1. The van der Waals surface area contributed by atoms with Gasteiger partial charge in [-0.2, -0.15) is 9.78 Å². The van der Waals surface area contributed by atoms with Gasteiger partial charge in [0.15, 0.2) is 5.82 Å². The monoisotopic (exact) mass is 426 g/mol. The summed E-state index contributed by atoms with van der Waals surface area (Å²) in [4.78, 5) is 0. The van der Waals surface area contributed by atoms with Crippen molar-refractivity contribution in [2.24, 2.45) is 5.10 Å². The molecule has 0 aliphatic heterocycles. The first-order valence-corrected chi connectivity index (χ1v) is 10.4. The van der Waals surface area contributed by atoms with E-state index in [1.165, 1.54) is 17.1 Å². The van der Waals surface area contributed by atoms with Crippen LogP contribution < -0.4 is 0 Å². The largest absolute Gasteiger partial charge is 0.212 e. The summed E-state index contributed by atoms with van der Waals surface area (Å²) in [5.41, 5.74) is 2.03. The Morgan fingerprint density at radius 2 is 1.86 bits per heavy atom. The molecule has 28 heavy (non-hydrogen) atoms. The van der Waals surface area contributed by atoms with Crippen molar-refractivity contribution in [3.8, 4) is 0 Å². The second kappa shape index (κ2) is 8.35. The minimum absolute atomic E-state index is 0.623. The fourth-order valence-corrected chi connectivity index (χ4v) is 4.32. The van der Waals surface area contributed by atoms with Crippen LogP contribution in [0, 0.1) is 6.92 Å². The van der Waals surface area contributed by atoms with Crippen LogP contribution in [0.15, 0.2) is 70.9 Å². The molecule has 0 fully saturated rings. The molecule has 0 saturated heterocycles. The predicted molar refractivity (Wildman–Crippen MR) is 118 cm³/mol. The maximum atomic E-state index is 6.27. The van der Waals surface area contributed by atoms with Crippen LogP contribution in [0.1, 0.15) is 17.0 Å². The molecular formula is C21H16Cl2N4S. The second-order valence-electron chi connectivity index (χ2n) is 6.18. The highest BCUT2D eigenvalue weighted by atomic mass is 35.5.